The van der Waals surface area contributed by atoms with Crippen molar-refractivity contribution in [3.05, 3.63) is 28.7 Å². The van der Waals surface area contributed by atoms with Gasteiger partial charge in [0.25, 0.3) is 10.1 Å². The molecule has 0 fully saturated rings. The summed E-state index contributed by atoms with van der Waals surface area (Å²) in [4.78, 5) is 0.106. The van der Waals surface area contributed by atoms with Gasteiger partial charge in [-0.2, -0.15) is 8.42 Å². The molecule has 0 heterocycles. The average Bonchev–Trinajstić information content (AvgIpc) is 2.27. The molecule has 0 aliphatic rings. The van der Waals surface area contributed by atoms with E-state index in [0.717, 1.165) is 4.47 Å². The van der Waals surface area contributed by atoms with E-state index in [9.17, 15) is 8.42 Å². The summed E-state index contributed by atoms with van der Waals surface area (Å²) in [5.41, 5.74) is -0.581. The van der Waals surface area contributed by atoms with Crippen molar-refractivity contribution in [1.29, 1.82) is 0 Å². The monoisotopic (exact) mass is 322 g/mol. The molecule has 0 saturated heterocycles. The maximum Gasteiger partial charge on any atom is 0.296 e. The van der Waals surface area contributed by atoms with Gasteiger partial charge < -0.3 is 5.11 Å². The van der Waals surface area contributed by atoms with Crippen LogP contribution < -0.4 is 0 Å². The molecule has 6 heteroatoms. The Balaban J connectivity index is 2.79. The van der Waals surface area contributed by atoms with Crippen molar-refractivity contribution in [3.63, 3.8) is 0 Å². The maximum absolute atomic E-state index is 11.8. The van der Waals surface area contributed by atoms with Crippen LogP contribution in [0.3, 0.4) is 0 Å². The number of rotatable bonds is 5. The summed E-state index contributed by atoms with van der Waals surface area (Å²) >= 11 is 3.23. The van der Waals surface area contributed by atoms with Crippen LogP contribution >= 0.6 is 15.9 Å². The average molecular weight is 323 g/mol. The second-order valence-electron chi connectivity index (χ2n) is 4.49. The molecular weight excluding hydrogens is 308 g/mol. The fraction of sp³-hybridized carbons (Fsp3) is 0.455. The molecule has 0 bridgehead atoms. The Morgan fingerprint density at radius 1 is 1.29 bits per heavy atom. The molecule has 1 aromatic rings. The van der Waals surface area contributed by atoms with E-state index in [1.807, 2.05) is 0 Å². The summed E-state index contributed by atoms with van der Waals surface area (Å²) < 4.78 is 29.3. The van der Waals surface area contributed by atoms with E-state index in [2.05, 4.69) is 15.9 Å². The van der Waals surface area contributed by atoms with Crippen molar-refractivity contribution in [2.45, 2.75) is 18.7 Å². The van der Waals surface area contributed by atoms with Crippen LogP contribution in [0.5, 0.6) is 0 Å². The van der Waals surface area contributed by atoms with E-state index in [1.54, 1.807) is 26.0 Å². The first-order valence-corrected chi connectivity index (χ1v) is 7.23. The number of hydrogen-bond acceptors (Lipinski definition) is 4. The molecule has 17 heavy (non-hydrogen) atoms. The first-order chi connectivity index (χ1) is 7.77. The SMILES string of the molecule is CC(C)(CO)COS(=O)(=O)c1ccc(Br)cc1. The van der Waals surface area contributed by atoms with Gasteiger partial charge in [-0.3, -0.25) is 4.18 Å². The van der Waals surface area contributed by atoms with Gasteiger partial charge in [-0.25, -0.2) is 0 Å². The topological polar surface area (TPSA) is 63.6 Å². The van der Waals surface area contributed by atoms with Gasteiger partial charge in [0.05, 0.1) is 18.1 Å². The number of hydrogen-bond donors (Lipinski definition) is 1. The summed E-state index contributed by atoms with van der Waals surface area (Å²) in [5.74, 6) is 0. The second kappa shape index (κ2) is 5.48. The molecule has 0 spiro atoms. The van der Waals surface area contributed by atoms with Crippen molar-refractivity contribution in [2.24, 2.45) is 5.41 Å². The quantitative estimate of drug-likeness (QED) is 0.844. The van der Waals surface area contributed by atoms with Crippen molar-refractivity contribution >= 4 is 26.0 Å². The third kappa shape index (κ3) is 4.39. The zero-order valence-electron chi connectivity index (χ0n) is 9.68. The predicted molar refractivity (Wildman–Crippen MR) is 68.1 cm³/mol. The Morgan fingerprint density at radius 2 is 1.82 bits per heavy atom. The molecule has 1 N–H and O–H groups in total. The van der Waals surface area contributed by atoms with E-state index in [0.29, 0.717) is 0 Å². The van der Waals surface area contributed by atoms with Gasteiger partial charge in [-0.05, 0) is 24.3 Å². The Hall–Kier alpha value is -0.430. The highest BCUT2D eigenvalue weighted by molar-refractivity contribution is 9.10. The van der Waals surface area contributed by atoms with E-state index in [1.165, 1.54) is 12.1 Å². The Kier molecular flexibility index (Phi) is 4.71. The Bertz CT molecular complexity index is 465. The van der Waals surface area contributed by atoms with Crippen molar-refractivity contribution in [3.8, 4) is 0 Å². The van der Waals surface area contributed by atoms with Gasteiger partial charge in [0.15, 0.2) is 0 Å². The molecule has 1 rings (SSSR count). The molecule has 0 aliphatic carbocycles. The summed E-state index contributed by atoms with van der Waals surface area (Å²) in [7, 11) is -3.75. The third-order valence-corrected chi connectivity index (χ3v) is 3.94. The van der Waals surface area contributed by atoms with E-state index < -0.39 is 15.5 Å². The lowest BCUT2D eigenvalue weighted by atomic mass is 9.97. The molecule has 1 aromatic carbocycles. The molecule has 4 nitrogen and oxygen atoms in total. The first-order valence-electron chi connectivity index (χ1n) is 5.03. The van der Waals surface area contributed by atoms with Crippen LogP contribution in [0.25, 0.3) is 0 Å². The minimum atomic E-state index is -3.75. The normalized spacial score (nSPS) is 12.7. The number of aliphatic hydroxyl groups excluding tert-OH is 1. The summed E-state index contributed by atoms with van der Waals surface area (Å²) in [6.07, 6.45) is 0. The molecule has 0 aromatic heterocycles. The largest absolute Gasteiger partial charge is 0.396 e. The fourth-order valence-electron chi connectivity index (χ4n) is 0.952. The Morgan fingerprint density at radius 3 is 2.29 bits per heavy atom. The highest BCUT2D eigenvalue weighted by Crippen LogP contribution is 2.20. The first kappa shape index (κ1) is 14.6. The number of aliphatic hydroxyl groups is 1. The summed E-state index contributed by atoms with van der Waals surface area (Å²) in [6, 6.07) is 6.19. The van der Waals surface area contributed by atoms with Crippen LogP contribution in [0.4, 0.5) is 0 Å². The van der Waals surface area contributed by atoms with Crippen molar-refractivity contribution in [2.75, 3.05) is 13.2 Å². The standard InChI is InChI=1S/C11H15BrO4S/c1-11(2,7-13)8-16-17(14,15)10-5-3-9(12)4-6-10/h3-6,13H,7-8H2,1-2H3. The van der Waals surface area contributed by atoms with E-state index in [4.69, 9.17) is 9.29 Å². The van der Waals surface area contributed by atoms with Gasteiger partial charge in [-0.15, -0.1) is 0 Å². The molecule has 0 amide bonds. The minimum Gasteiger partial charge on any atom is -0.396 e. The van der Waals surface area contributed by atoms with Gasteiger partial charge in [0.1, 0.15) is 0 Å². The zero-order chi connectivity index (χ0) is 13.1. The molecule has 0 aliphatic heterocycles. The zero-order valence-corrected chi connectivity index (χ0v) is 12.1. The van der Waals surface area contributed by atoms with Crippen LogP contribution in [-0.2, 0) is 14.3 Å². The van der Waals surface area contributed by atoms with Crippen LogP contribution in [0.2, 0.25) is 0 Å². The van der Waals surface area contributed by atoms with E-state index >= 15 is 0 Å². The summed E-state index contributed by atoms with van der Waals surface area (Å²) in [6.45, 7) is 3.26. The lowest BCUT2D eigenvalue weighted by molar-refractivity contribution is 0.101. The Labute approximate surface area is 110 Å². The number of halogens is 1. The van der Waals surface area contributed by atoms with Crippen LogP contribution in [0.15, 0.2) is 33.6 Å². The number of benzene rings is 1. The third-order valence-electron chi connectivity index (χ3n) is 2.14. The lowest BCUT2D eigenvalue weighted by Crippen LogP contribution is -2.25. The summed E-state index contributed by atoms with van der Waals surface area (Å²) in [5, 5.41) is 9.02. The highest BCUT2D eigenvalue weighted by Gasteiger charge is 2.22. The molecule has 0 saturated carbocycles. The molecule has 0 atom stereocenters. The predicted octanol–water partition coefficient (Wildman–Crippen LogP) is 2.17. The minimum absolute atomic E-state index is 0.0537. The molecule has 96 valence electrons. The fourth-order valence-corrected chi connectivity index (χ4v) is 2.30. The molecule has 0 radical (unpaired) electrons. The van der Waals surface area contributed by atoms with Crippen LogP contribution in [0, 0.1) is 5.41 Å². The van der Waals surface area contributed by atoms with E-state index in [-0.39, 0.29) is 18.1 Å². The van der Waals surface area contributed by atoms with Crippen molar-refractivity contribution < 1.29 is 17.7 Å². The van der Waals surface area contributed by atoms with Gasteiger partial charge in [0.2, 0.25) is 0 Å². The molecule has 0 unspecified atom stereocenters. The maximum atomic E-state index is 11.8. The smallest absolute Gasteiger partial charge is 0.296 e. The lowest BCUT2D eigenvalue weighted by Gasteiger charge is -2.20. The van der Waals surface area contributed by atoms with Crippen molar-refractivity contribution in [1.82, 2.24) is 0 Å². The van der Waals surface area contributed by atoms with Crippen LogP contribution in [0.1, 0.15) is 13.8 Å². The molecular formula is C11H15BrO4S. The van der Waals surface area contributed by atoms with Crippen LogP contribution in [-0.4, -0.2) is 26.7 Å². The van der Waals surface area contributed by atoms with Gasteiger partial charge in [-0.1, -0.05) is 29.8 Å². The van der Waals surface area contributed by atoms with Gasteiger partial charge >= 0.3 is 0 Å². The second-order valence-corrected chi connectivity index (χ2v) is 7.02. The highest BCUT2D eigenvalue weighted by atomic mass is 79.9. The van der Waals surface area contributed by atoms with Gasteiger partial charge in [0, 0.05) is 9.89 Å².